The predicted octanol–water partition coefficient (Wildman–Crippen LogP) is 2.77. The number of nitro benzene ring substituents is 1. The monoisotopic (exact) mass is 373 g/mol. The Labute approximate surface area is 157 Å². The average Bonchev–Trinajstić information content (AvgIpc) is 2.69. The summed E-state index contributed by atoms with van der Waals surface area (Å²) in [5.41, 5.74) is 1.38. The molecule has 1 amide bonds. The first-order valence-corrected chi connectivity index (χ1v) is 8.49. The summed E-state index contributed by atoms with van der Waals surface area (Å²) in [6.07, 6.45) is 0.874. The van der Waals surface area contributed by atoms with Crippen LogP contribution in [-0.2, 0) is 11.2 Å². The molecule has 144 valence electrons. The Bertz CT molecular complexity index is 772. The first-order valence-electron chi connectivity index (χ1n) is 8.49. The Morgan fingerprint density at radius 3 is 2.37 bits per heavy atom. The van der Waals surface area contributed by atoms with Crippen LogP contribution in [0.2, 0.25) is 0 Å². The number of hydrogen-bond acceptors (Lipinski definition) is 6. The van der Waals surface area contributed by atoms with Crippen molar-refractivity contribution in [1.29, 1.82) is 0 Å². The molecule has 8 nitrogen and oxygen atoms in total. The van der Waals surface area contributed by atoms with Crippen LogP contribution in [0.1, 0.15) is 12.0 Å². The van der Waals surface area contributed by atoms with E-state index < -0.39 is 4.92 Å². The van der Waals surface area contributed by atoms with Crippen molar-refractivity contribution in [2.24, 2.45) is 0 Å². The molecule has 0 bridgehead atoms. The van der Waals surface area contributed by atoms with Gasteiger partial charge in [-0.3, -0.25) is 14.9 Å². The summed E-state index contributed by atoms with van der Waals surface area (Å²) in [5, 5.41) is 16.7. The van der Waals surface area contributed by atoms with Crippen LogP contribution in [0.25, 0.3) is 0 Å². The number of nitrogens with zero attached hydrogens (tertiary/aromatic N) is 1. The topological polar surface area (TPSA) is 103 Å². The molecular weight excluding hydrogens is 350 g/mol. The second kappa shape index (κ2) is 10.0. The lowest BCUT2D eigenvalue weighted by atomic mass is 10.1. The predicted molar refractivity (Wildman–Crippen MR) is 102 cm³/mol. The van der Waals surface area contributed by atoms with E-state index in [1.165, 1.54) is 6.07 Å². The molecule has 0 aliphatic heterocycles. The highest BCUT2D eigenvalue weighted by atomic mass is 16.6. The van der Waals surface area contributed by atoms with Gasteiger partial charge in [0.05, 0.1) is 19.1 Å². The van der Waals surface area contributed by atoms with Crippen molar-refractivity contribution in [2.75, 3.05) is 32.6 Å². The first-order chi connectivity index (χ1) is 13.0. The molecule has 27 heavy (non-hydrogen) atoms. The zero-order valence-corrected chi connectivity index (χ0v) is 15.4. The summed E-state index contributed by atoms with van der Waals surface area (Å²) in [4.78, 5) is 22.5. The smallest absolute Gasteiger partial charge is 0.292 e. The van der Waals surface area contributed by atoms with Gasteiger partial charge in [-0.2, -0.15) is 0 Å². The summed E-state index contributed by atoms with van der Waals surface area (Å²) >= 11 is 0. The number of ether oxygens (including phenoxy) is 2. The number of anilines is 1. The van der Waals surface area contributed by atoms with Gasteiger partial charge in [-0.25, -0.2) is 0 Å². The number of hydrogen-bond donors (Lipinski definition) is 2. The Morgan fingerprint density at radius 2 is 1.74 bits per heavy atom. The van der Waals surface area contributed by atoms with Crippen LogP contribution in [0.15, 0.2) is 42.5 Å². The molecule has 0 atom stereocenters. The number of amides is 1. The van der Waals surface area contributed by atoms with Crippen molar-refractivity contribution in [1.82, 2.24) is 5.32 Å². The van der Waals surface area contributed by atoms with E-state index in [-0.39, 0.29) is 11.6 Å². The molecule has 2 aromatic rings. The maximum Gasteiger partial charge on any atom is 0.292 e. The van der Waals surface area contributed by atoms with Crippen molar-refractivity contribution in [3.8, 4) is 11.5 Å². The van der Waals surface area contributed by atoms with Crippen molar-refractivity contribution in [2.45, 2.75) is 12.8 Å². The second-order valence-corrected chi connectivity index (χ2v) is 5.77. The zero-order chi connectivity index (χ0) is 19.6. The Balaban J connectivity index is 1.76. The molecular formula is C19H23N3O5. The molecule has 0 saturated carbocycles. The van der Waals surface area contributed by atoms with Crippen LogP contribution < -0.4 is 20.1 Å². The van der Waals surface area contributed by atoms with Crippen LogP contribution in [-0.4, -0.2) is 38.1 Å². The van der Waals surface area contributed by atoms with Gasteiger partial charge in [0.15, 0.2) is 0 Å². The zero-order valence-electron chi connectivity index (χ0n) is 15.4. The lowest BCUT2D eigenvalue weighted by Gasteiger charge is -2.10. The molecule has 8 heteroatoms. The molecule has 0 aliphatic carbocycles. The minimum atomic E-state index is -0.441. The molecule has 0 radical (unpaired) electrons. The number of aryl methyl sites for hydroxylation is 1. The van der Waals surface area contributed by atoms with Crippen LogP contribution in [0.4, 0.5) is 11.4 Å². The number of rotatable bonds is 10. The van der Waals surface area contributed by atoms with Gasteiger partial charge in [-0.15, -0.1) is 0 Å². The molecule has 0 saturated heterocycles. The van der Waals surface area contributed by atoms with Crippen molar-refractivity contribution >= 4 is 17.3 Å². The number of carbonyl (C=O) groups excluding carboxylic acids is 1. The highest BCUT2D eigenvalue weighted by Gasteiger charge is 2.11. The third kappa shape index (κ3) is 6.18. The van der Waals surface area contributed by atoms with Gasteiger partial charge in [0.1, 0.15) is 17.2 Å². The fourth-order valence-electron chi connectivity index (χ4n) is 2.54. The summed E-state index contributed by atoms with van der Waals surface area (Å²) < 4.78 is 10.4. The van der Waals surface area contributed by atoms with Crippen LogP contribution in [0, 0.1) is 10.1 Å². The van der Waals surface area contributed by atoms with Gasteiger partial charge in [0.25, 0.3) is 5.69 Å². The number of nitrogens with one attached hydrogen (secondary N) is 2. The van der Waals surface area contributed by atoms with E-state index in [0.29, 0.717) is 43.1 Å². The highest BCUT2D eigenvalue weighted by Crippen LogP contribution is 2.23. The molecule has 0 unspecified atom stereocenters. The standard InChI is InChI=1S/C19H23N3O5/c1-26-15-11-14(12-16(13-15)27-2)7-8-19(23)21-10-9-20-17-5-3-4-6-18(17)22(24)25/h3-6,11-13,20H,7-10H2,1-2H3,(H,21,23). The fourth-order valence-corrected chi connectivity index (χ4v) is 2.54. The van der Waals surface area contributed by atoms with Gasteiger partial charge in [0, 0.05) is 31.6 Å². The molecule has 0 aliphatic rings. The third-order valence-electron chi connectivity index (χ3n) is 3.92. The number of methoxy groups -OCH3 is 2. The third-order valence-corrected chi connectivity index (χ3v) is 3.92. The van der Waals surface area contributed by atoms with Gasteiger partial charge in [-0.05, 0) is 30.2 Å². The highest BCUT2D eigenvalue weighted by molar-refractivity contribution is 5.76. The number of nitro groups is 1. The van der Waals surface area contributed by atoms with Crippen molar-refractivity contribution in [3.05, 3.63) is 58.1 Å². The van der Waals surface area contributed by atoms with E-state index in [1.54, 1.807) is 38.5 Å². The number of para-hydroxylation sites is 2. The summed E-state index contributed by atoms with van der Waals surface area (Å²) in [6, 6.07) is 11.9. The minimum absolute atomic E-state index is 0.01000. The maximum atomic E-state index is 12.0. The Morgan fingerprint density at radius 1 is 1.07 bits per heavy atom. The quantitative estimate of drug-likeness (QED) is 0.377. The van der Waals surface area contributed by atoms with Crippen LogP contribution in [0.5, 0.6) is 11.5 Å². The first kappa shape index (κ1) is 20.0. The summed E-state index contributed by atoms with van der Waals surface area (Å²) in [5.74, 6) is 1.26. The number of carbonyl (C=O) groups is 1. The maximum absolute atomic E-state index is 12.0. The van der Waals surface area contributed by atoms with Crippen molar-refractivity contribution in [3.63, 3.8) is 0 Å². The van der Waals surface area contributed by atoms with Crippen LogP contribution in [0.3, 0.4) is 0 Å². The van der Waals surface area contributed by atoms with Gasteiger partial charge in [0.2, 0.25) is 5.91 Å². The Hall–Kier alpha value is -3.29. The second-order valence-electron chi connectivity index (χ2n) is 5.77. The van der Waals surface area contributed by atoms with E-state index in [2.05, 4.69) is 10.6 Å². The lowest BCUT2D eigenvalue weighted by molar-refractivity contribution is -0.384. The minimum Gasteiger partial charge on any atom is -0.497 e. The van der Waals surface area contributed by atoms with E-state index in [0.717, 1.165) is 5.56 Å². The molecule has 0 heterocycles. The van der Waals surface area contributed by atoms with E-state index >= 15 is 0 Å². The van der Waals surface area contributed by atoms with Gasteiger partial charge >= 0.3 is 0 Å². The molecule has 0 aromatic heterocycles. The lowest BCUT2D eigenvalue weighted by Crippen LogP contribution is -2.29. The summed E-state index contributed by atoms with van der Waals surface area (Å²) in [7, 11) is 3.16. The van der Waals surface area contributed by atoms with Gasteiger partial charge < -0.3 is 20.1 Å². The molecule has 0 fully saturated rings. The van der Waals surface area contributed by atoms with E-state index in [9.17, 15) is 14.9 Å². The fraction of sp³-hybridized carbons (Fsp3) is 0.316. The normalized spacial score (nSPS) is 10.1. The van der Waals surface area contributed by atoms with E-state index in [4.69, 9.17) is 9.47 Å². The average molecular weight is 373 g/mol. The SMILES string of the molecule is COc1cc(CCC(=O)NCCNc2ccccc2[N+](=O)[O-])cc(OC)c1. The molecule has 0 spiro atoms. The van der Waals surface area contributed by atoms with E-state index in [1.807, 2.05) is 12.1 Å². The van der Waals surface area contributed by atoms with Crippen molar-refractivity contribution < 1.29 is 19.2 Å². The van der Waals surface area contributed by atoms with Crippen LogP contribution >= 0.6 is 0 Å². The van der Waals surface area contributed by atoms with Gasteiger partial charge in [-0.1, -0.05) is 12.1 Å². The Kier molecular flexibility index (Phi) is 7.42. The summed E-state index contributed by atoms with van der Waals surface area (Å²) in [6.45, 7) is 0.760. The number of benzene rings is 2. The molecule has 2 N–H and O–H groups in total. The largest absolute Gasteiger partial charge is 0.497 e. The molecule has 2 aromatic carbocycles. The molecule has 2 rings (SSSR count).